The largest absolute Gasteiger partial charge is 0.463 e. The molecule has 1 aromatic rings. The van der Waals surface area contributed by atoms with Crippen molar-refractivity contribution in [1.82, 2.24) is 4.90 Å². The average molecular weight is 182 g/mol. The van der Waals surface area contributed by atoms with Crippen LogP contribution in [-0.2, 0) is 6.54 Å². The van der Waals surface area contributed by atoms with Gasteiger partial charge >= 0.3 is 0 Å². The highest BCUT2D eigenvalue weighted by molar-refractivity contribution is 5.42. The lowest BCUT2D eigenvalue weighted by Crippen LogP contribution is -2.22. The molecule has 74 valence electrons. The van der Waals surface area contributed by atoms with Crippen molar-refractivity contribution < 1.29 is 4.42 Å². The molecule has 1 heterocycles. The van der Waals surface area contributed by atoms with Gasteiger partial charge in [0.1, 0.15) is 11.5 Å². The molecule has 0 saturated carbocycles. The molecule has 0 spiro atoms. The van der Waals surface area contributed by atoms with Gasteiger partial charge in [-0.2, -0.15) is 0 Å². The number of rotatable bonds is 4. The van der Waals surface area contributed by atoms with Crippen LogP contribution in [0.2, 0.25) is 0 Å². The summed E-state index contributed by atoms with van der Waals surface area (Å²) in [7, 11) is 0. The Balaban J connectivity index is 2.67. The van der Waals surface area contributed by atoms with Crippen LogP contribution in [0.3, 0.4) is 0 Å². The summed E-state index contributed by atoms with van der Waals surface area (Å²) in [6.07, 6.45) is 0. The lowest BCUT2D eigenvalue weighted by Gasteiger charge is -2.16. The first-order valence-electron chi connectivity index (χ1n) is 4.74. The van der Waals surface area contributed by atoms with E-state index in [-0.39, 0.29) is 0 Å². The summed E-state index contributed by atoms with van der Waals surface area (Å²) in [5, 5.41) is 0. The summed E-state index contributed by atoms with van der Waals surface area (Å²) in [5.74, 6) is 1.78. The third kappa shape index (κ3) is 2.49. The van der Waals surface area contributed by atoms with E-state index >= 15 is 0 Å². The molecule has 0 unspecified atom stereocenters. The van der Waals surface area contributed by atoms with Crippen LogP contribution < -0.4 is 5.73 Å². The molecule has 0 aliphatic heterocycles. The first kappa shape index (κ1) is 10.1. The molecule has 0 bridgehead atoms. The van der Waals surface area contributed by atoms with E-state index < -0.39 is 0 Å². The number of furan rings is 1. The van der Waals surface area contributed by atoms with Gasteiger partial charge in [-0.3, -0.25) is 4.90 Å². The van der Waals surface area contributed by atoms with Gasteiger partial charge in [-0.1, -0.05) is 13.8 Å². The van der Waals surface area contributed by atoms with Crippen molar-refractivity contribution in [3.63, 3.8) is 0 Å². The third-order valence-corrected chi connectivity index (χ3v) is 2.23. The molecular weight excluding hydrogens is 164 g/mol. The van der Waals surface area contributed by atoms with Gasteiger partial charge in [-0.25, -0.2) is 0 Å². The van der Waals surface area contributed by atoms with Crippen molar-refractivity contribution in [2.75, 3.05) is 18.8 Å². The molecule has 0 fully saturated rings. The highest BCUT2D eigenvalue weighted by Crippen LogP contribution is 2.18. The monoisotopic (exact) mass is 182 g/mol. The Morgan fingerprint density at radius 3 is 2.38 bits per heavy atom. The molecule has 0 aliphatic carbocycles. The van der Waals surface area contributed by atoms with E-state index in [1.54, 1.807) is 0 Å². The molecule has 3 nitrogen and oxygen atoms in total. The number of aryl methyl sites for hydroxylation is 1. The van der Waals surface area contributed by atoms with Gasteiger partial charge < -0.3 is 10.2 Å². The molecule has 0 saturated heterocycles. The second-order valence-corrected chi connectivity index (χ2v) is 3.20. The topological polar surface area (TPSA) is 42.4 Å². The first-order chi connectivity index (χ1) is 6.17. The fourth-order valence-electron chi connectivity index (χ4n) is 1.36. The van der Waals surface area contributed by atoms with Crippen LogP contribution in [-0.4, -0.2) is 18.0 Å². The van der Waals surface area contributed by atoms with Crippen LogP contribution in [0.1, 0.15) is 25.4 Å². The van der Waals surface area contributed by atoms with Gasteiger partial charge in [0.25, 0.3) is 0 Å². The van der Waals surface area contributed by atoms with Gasteiger partial charge in [0, 0.05) is 6.07 Å². The van der Waals surface area contributed by atoms with E-state index in [9.17, 15) is 0 Å². The molecule has 13 heavy (non-hydrogen) atoms. The average Bonchev–Trinajstić information content (AvgIpc) is 2.41. The summed E-state index contributed by atoms with van der Waals surface area (Å²) in [6.45, 7) is 9.05. The SMILES string of the molecule is CCN(CC)Cc1oc(C)cc1N. The minimum absolute atomic E-state index is 0.768. The highest BCUT2D eigenvalue weighted by atomic mass is 16.3. The predicted octanol–water partition coefficient (Wildman–Crippen LogP) is 2.01. The minimum Gasteiger partial charge on any atom is -0.463 e. The second-order valence-electron chi connectivity index (χ2n) is 3.20. The van der Waals surface area contributed by atoms with Crippen molar-refractivity contribution in [2.45, 2.75) is 27.3 Å². The Labute approximate surface area is 79.5 Å². The molecule has 1 rings (SSSR count). The molecule has 0 aliphatic rings. The number of nitrogens with zero attached hydrogens (tertiary/aromatic N) is 1. The summed E-state index contributed by atoms with van der Waals surface area (Å²) in [4.78, 5) is 2.27. The van der Waals surface area contributed by atoms with Crippen molar-refractivity contribution >= 4 is 5.69 Å². The Bertz CT molecular complexity index is 264. The van der Waals surface area contributed by atoms with Crippen LogP contribution in [0.5, 0.6) is 0 Å². The van der Waals surface area contributed by atoms with Crippen LogP contribution in [0.4, 0.5) is 5.69 Å². The van der Waals surface area contributed by atoms with E-state index in [0.29, 0.717) is 0 Å². The molecule has 1 aromatic heterocycles. The standard InChI is InChI=1S/C10H18N2O/c1-4-12(5-2)7-10-9(11)6-8(3)13-10/h6H,4-5,7,11H2,1-3H3. The van der Waals surface area contributed by atoms with Gasteiger partial charge in [0.15, 0.2) is 0 Å². The predicted molar refractivity (Wildman–Crippen MR) is 54.5 cm³/mol. The van der Waals surface area contributed by atoms with Gasteiger partial charge in [0.2, 0.25) is 0 Å². The van der Waals surface area contributed by atoms with E-state index in [4.69, 9.17) is 10.2 Å². The van der Waals surface area contributed by atoms with Crippen LogP contribution in [0.25, 0.3) is 0 Å². The molecule has 0 radical (unpaired) electrons. The Hall–Kier alpha value is -0.960. The molecule has 0 aromatic carbocycles. The Morgan fingerprint density at radius 2 is 2.00 bits per heavy atom. The number of nitrogen functional groups attached to an aromatic ring is 1. The molecule has 0 amide bonds. The maximum Gasteiger partial charge on any atom is 0.140 e. The van der Waals surface area contributed by atoms with Crippen molar-refractivity contribution in [3.05, 3.63) is 17.6 Å². The number of hydrogen-bond donors (Lipinski definition) is 1. The van der Waals surface area contributed by atoms with Gasteiger partial charge in [0.05, 0.1) is 12.2 Å². The third-order valence-electron chi connectivity index (χ3n) is 2.23. The van der Waals surface area contributed by atoms with E-state index in [1.165, 1.54) is 0 Å². The molecule has 2 N–H and O–H groups in total. The van der Waals surface area contributed by atoms with Crippen LogP contribution in [0, 0.1) is 6.92 Å². The summed E-state index contributed by atoms with van der Waals surface area (Å²) < 4.78 is 5.48. The summed E-state index contributed by atoms with van der Waals surface area (Å²) in [5.41, 5.74) is 6.55. The fraction of sp³-hybridized carbons (Fsp3) is 0.600. The van der Waals surface area contributed by atoms with Gasteiger partial charge in [-0.15, -0.1) is 0 Å². The summed E-state index contributed by atoms with van der Waals surface area (Å²) in [6, 6.07) is 1.87. The first-order valence-corrected chi connectivity index (χ1v) is 4.74. The normalized spacial score (nSPS) is 11.1. The zero-order valence-electron chi connectivity index (χ0n) is 8.63. The van der Waals surface area contributed by atoms with Crippen molar-refractivity contribution in [1.29, 1.82) is 0 Å². The highest BCUT2D eigenvalue weighted by Gasteiger charge is 2.08. The minimum atomic E-state index is 0.768. The maximum atomic E-state index is 5.78. The van der Waals surface area contributed by atoms with Crippen molar-refractivity contribution in [3.8, 4) is 0 Å². The number of anilines is 1. The molecular formula is C10H18N2O. The Morgan fingerprint density at radius 1 is 1.38 bits per heavy atom. The summed E-state index contributed by atoms with van der Waals surface area (Å²) >= 11 is 0. The smallest absolute Gasteiger partial charge is 0.140 e. The van der Waals surface area contributed by atoms with Crippen LogP contribution >= 0.6 is 0 Å². The van der Waals surface area contributed by atoms with Gasteiger partial charge in [-0.05, 0) is 20.0 Å². The lowest BCUT2D eigenvalue weighted by atomic mass is 10.3. The lowest BCUT2D eigenvalue weighted by molar-refractivity contribution is 0.267. The van der Waals surface area contributed by atoms with E-state index in [1.807, 2.05) is 13.0 Å². The van der Waals surface area contributed by atoms with E-state index in [2.05, 4.69) is 18.7 Å². The number of nitrogens with two attached hydrogens (primary N) is 1. The number of hydrogen-bond acceptors (Lipinski definition) is 3. The zero-order chi connectivity index (χ0) is 9.84. The molecule has 3 heteroatoms. The van der Waals surface area contributed by atoms with E-state index in [0.717, 1.165) is 36.8 Å². The van der Waals surface area contributed by atoms with Crippen LogP contribution in [0.15, 0.2) is 10.5 Å². The fourth-order valence-corrected chi connectivity index (χ4v) is 1.36. The second kappa shape index (κ2) is 4.33. The zero-order valence-corrected chi connectivity index (χ0v) is 8.63. The molecule has 0 atom stereocenters. The maximum absolute atomic E-state index is 5.78. The Kier molecular flexibility index (Phi) is 3.37. The van der Waals surface area contributed by atoms with Crippen molar-refractivity contribution in [2.24, 2.45) is 0 Å². The quantitative estimate of drug-likeness (QED) is 0.774.